The highest BCUT2D eigenvalue weighted by molar-refractivity contribution is 6.23. The topological polar surface area (TPSA) is 6.48 Å². The number of para-hydroxylation sites is 4. The zero-order chi connectivity index (χ0) is 40.1. The van der Waals surface area contributed by atoms with Crippen LogP contribution in [-0.2, 0) is 0 Å². The molecule has 10 rings (SSSR count). The number of nitrogens with zero attached hydrogens (tertiary/aromatic N) is 2. The van der Waals surface area contributed by atoms with E-state index in [2.05, 4.69) is 265 Å². The summed E-state index contributed by atoms with van der Waals surface area (Å²) in [6.45, 7) is 0. The van der Waals surface area contributed by atoms with E-state index >= 15 is 0 Å². The number of benzene rings is 10. The number of rotatable bonds is 10. The fourth-order valence-corrected chi connectivity index (χ4v) is 8.36. The SMILES string of the molecule is C(=Cc1cc2ccccc2c2c(/C=C\c3ccc(N(c4ccccc4)c4ccccc4)cc3)cc3ccccc3c12)c1ccc(N(c2ccccc2)c2ccccc2)cc1. The molecule has 0 saturated carbocycles. The van der Waals surface area contributed by atoms with Crippen LogP contribution in [0.4, 0.5) is 34.1 Å². The Balaban J connectivity index is 1.03. The van der Waals surface area contributed by atoms with E-state index < -0.39 is 0 Å². The molecule has 0 aliphatic rings. The molecule has 10 aromatic rings. The molecule has 0 unspecified atom stereocenters. The molecule has 0 N–H and O–H groups in total. The summed E-state index contributed by atoms with van der Waals surface area (Å²) in [6.07, 6.45) is 9.07. The molecule has 0 spiro atoms. The van der Waals surface area contributed by atoms with Crippen molar-refractivity contribution in [2.75, 3.05) is 9.80 Å². The first-order valence-corrected chi connectivity index (χ1v) is 20.5. The first-order chi connectivity index (χ1) is 29.8. The van der Waals surface area contributed by atoms with Gasteiger partial charge in [0.05, 0.1) is 0 Å². The second-order valence-electron chi connectivity index (χ2n) is 15.0. The standard InChI is InChI=1S/C58H42N2/c1-5-19-49(20-6-1)59(50-21-7-2-8-22-50)53-37-31-43(32-38-53)29-35-47-41-45-17-13-16-28-56(45)58-48(42-46-18-14-15-27-55(46)57(47)58)36-30-44-33-39-54(40-34-44)60(51-23-9-3-10-24-51)52-25-11-4-12-26-52/h1-42H/b35-29-,36-30?. The first kappa shape index (κ1) is 36.4. The van der Waals surface area contributed by atoms with E-state index in [0.717, 1.165) is 45.3 Å². The van der Waals surface area contributed by atoms with E-state index in [9.17, 15) is 0 Å². The van der Waals surface area contributed by atoms with E-state index in [1.807, 2.05) is 0 Å². The maximum absolute atomic E-state index is 2.35. The summed E-state index contributed by atoms with van der Waals surface area (Å²) in [6, 6.07) is 82.1. The van der Waals surface area contributed by atoms with Crippen LogP contribution < -0.4 is 9.80 Å². The van der Waals surface area contributed by atoms with Crippen molar-refractivity contribution in [2.24, 2.45) is 0 Å². The molecular weight excluding hydrogens is 725 g/mol. The highest BCUT2D eigenvalue weighted by Gasteiger charge is 2.15. The zero-order valence-electron chi connectivity index (χ0n) is 33.1. The predicted molar refractivity (Wildman–Crippen MR) is 259 cm³/mol. The lowest BCUT2D eigenvalue weighted by atomic mass is 9.89. The van der Waals surface area contributed by atoms with Gasteiger partial charge in [0.15, 0.2) is 0 Å². The normalized spacial score (nSPS) is 11.5. The minimum absolute atomic E-state index is 1.11. The second kappa shape index (κ2) is 16.5. The maximum Gasteiger partial charge on any atom is 0.0462 e. The third-order valence-corrected chi connectivity index (χ3v) is 11.2. The fraction of sp³-hybridized carbons (Fsp3) is 0. The Labute approximate surface area is 351 Å². The van der Waals surface area contributed by atoms with E-state index in [1.165, 1.54) is 43.4 Å². The van der Waals surface area contributed by atoms with Gasteiger partial charge in [-0.05, 0) is 140 Å². The lowest BCUT2D eigenvalue weighted by Gasteiger charge is -2.25. The summed E-state index contributed by atoms with van der Waals surface area (Å²) < 4.78 is 0. The van der Waals surface area contributed by atoms with Gasteiger partial charge >= 0.3 is 0 Å². The van der Waals surface area contributed by atoms with Gasteiger partial charge in [-0.25, -0.2) is 0 Å². The van der Waals surface area contributed by atoms with Gasteiger partial charge in [-0.15, -0.1) is 0 Å². The lowest BCUT2D eigenvalue weighted by Crippen LogP contribution is -2.09. The molecule has 10 aromatic carbocycles. The van der Waals surface area contributed by atoms with Gasteiger partial charge < -0.3 is 9.80 Å². The molecule has 0 aromatic heterocycles. The van der Waals surface area contributed by atoms with Crippen LogP contribution in [-0.4, -0.2) is 0 Å². The third-order valence-electron chi connectivity index (χ3n) is 11.2. The van der Waals surface area contributed by atoms with Gasteiger partial charge in [-0.2, -0.15) is 0 Å². The Morgan fingerprint density at radius 1 is 0.250 bits per heavy atom. The summed E-state index contributed by atoms with van der Waals surface area (Å²) in [5.74, 6) is 0. The number of anilines is 6. The Morgan fingerprint density at radius 2 is 0.533 bits per heavy atom. The number of fused-ring (bicyclic) bond motifs is 5. The average molecular weight is 767 g/mol. The Kier molecular flexibility index (Phi) is 10.0. The third kappa shape index (κ3) is 7.35. The Bertz CT molecular complexity index is 2810. The van der Waals surface area contributed by atoms with Crippen LogP contribution in [0.5, 0.6) is 0 Å². The van der Waals surface area contributed by atoms with Crippen LogP contribution in [0.15, 0.2) is 231 Å². The van der Waals surface area contributed by atoms with E-state index in [-0.39, 0.29) is 0 Å². The number of hydrogen-bond acceptors (Lipinski definition) is 2. The van der Waals surface area contributed by atoms with Crippen molar-refractivity contribution in [1.29, 1.82) is 0 Å². The van der Waals surface area contributed by atoms with Crippen molar-refractivity contribution in [1.82, 2.24) is 0 Å². The molecule has 0 aliphatic carbocycles. The zero-order valence-corrected chi connectivity index (χ0v) is 33.1. The van der Waals surface area contributed by atoms with Crippen molar-refractivity contribution < 1.29 is 0 Å². The highest BCUT2D eigenvalue weighted by Crippen LogP contribution is 2.40. The van der Waals surface area contributed by atoms with Gasteiger partial charge in [-0.3, -0.25) is 0 Å². The molecule has 60 heavy (non-hydrogen) atoms. The van der Waals surface area contributed by atoms with Gasteiger partial charge in [0.25, 0.3) is 0 Å². The van der Waals surface area contributed by atoms with Crippen LogP contribution >= 0.6 is 0 Å². The summed E-state index contributed by atoms with van der Waals surface area (Å²) in [4.78, 5) is 4.59. The molecule has 2 nitrogen and oxygen atoms in total. The molecule has 0 fully saturated rings. The van der Waals surface area contributed by atoms with Gasteiger partial charge in [0.2, 0.25) is 0 Å². The molecule has 0 heterocycles. The summed E-state index contributed by atoms with van der Waals surface area (Å²) in [7, 11) is 0. The van der Waals surface area contributed by atoms with E-state index in [0.29, 0.717) is 0 Å². The van der Waals surface area contributed by atoms with Gasteiger partial charge in [-0.1, -0.05) is 170 Å². The van der Waals surface area contributed by atoms with Crippen molar-refractivity contribution >= 4 is 90.7 Å². The highest BCUT2D eigenvalue weighted by atomic mass is 15.1. The first-order valence-electron chi connectivity index (χ1n) is 20.5. The molecule has 0 saturated heterocycles. The second-order valence-corrected chi connectivity index (χ2v) is 15.0. The monoisotopic (exact) mass is 766 g/mol. The quantitative estimate of drug-likeness (QED) is 0.101. The summed E-state index contributed by atoms with van der Waals surface area (Å²) in [5.41, 5.74) is 11.4. The molecule has 284 valence electrons. The van der Waals surface area contributed by atoms with Crippen molar-refractivity contribution in [3.05, 3.63) is 253 Å². The predicted octanol–water partition coefficient (Wildman–Crippen LogP) is 16.4. The van der Waals surface area contributed by atoms with Crippen molar-refractivity contribution in [3.8, 4) is 0 Å². The van der Waals surface area contributed by atoms with Crippen molar-refractivity contribution in [3.63, 3.8) is 0 Å². The Morgan fingerprint density at radius 3 is 0.867 bits per heavy atom. The minimum Gasteiger partial charge on any atom is -0.311 e. The smallest absolute Gasteiger partial charge is 0.0462 e. The molecule has 0 amide bonds. The fourth-order valence-electron chi connectivity index (χ4n) is 8.36. The van der Waals surface area contributed by atoms with Gasteiger partial charge in [0.1, 0.15) is 0 Å². The molecule has 2 heteroatoms. The maximum atomic E-state index is 2.35. The molecule has 0 bridgehead atoms. The van der Waals surface area contributed by atoms with Crippen LogP contribution in [0.3, 0.4) is 0 Å². The van der Waals surface area contributed by atoms with E-state index in [4.69, 9.17) is 0 Å². The van der Waals surface area contributed by atoms with Crippen LogP contribution in [0.25, 0.3) is 56.6 Å². The largest absolute Gasteiger partial charge is 0.311 e. The average Bonchev–Trinajstić information content (AvgIpc) is 3.32. The minimum atomic E-state index is 1.11. The molecule has 0 atom stereocenters. The molecular formula is C58H42N2. The lowest BCUT2D eigenvalue weighted by molar-refractivity contribution is 1.28. The summed E-state index contributed by atoms with van der Waals surface area (Å²) in [5, 5.41) is 7.46. The van der Waals surface area contributed by atoms with E-state index in [1.54, 1.807) is 0 Å². The summed E-state index contributed by atoms with van der Waals surface area (Å²) >= 11 is 0. The Hall–Kier alpha value is -7.94. The van der Waals surface area contributed by atoms with Crippen molar-refractivity contribution in [2.45, 2.75) is 0 Å². The molecule has 0 radical (unpaired) electrons. The van der Waals surface area contributed by atoms with Gasteiger partial charge in [0, 0.05) is 34.1 Å². The van der Waals surface area contributed by atoms with Crippen LogP contribution in [0.2, 0.25) is 0 Å². The van der Waals surface area contributed by atoms with Crippen LogP contribution in [0, 0.1) is 0 Å². The van der Waals surface area contributed by atoms with Crippen LogP contribution in [0.1, 0.15) is 22.3 Å². The molecule has 0 aliphatic heterocycles. The number of hydrogen-bond donors (Lipinski definition) is 0.